The lowest BCUT2D eigenvalue weighted by molar-refractivity contribution is -0.146. The van der Waals surface area contributed by atoms with E-state index in [0.717, 1.165) is 16.0 Å². The highest BCUT2D eigenvalue weighted by atomic mass is 32.1. The van der Waals surface area contributed by atoms with E-state index in [0.29, 0.717) is 22.9 Å². The first-order valence-electron chi connectivity index (χ1n) is 10.2. The van der Waals surface area contributed by atoms with E-state index in [1.165, 1.54) is 16.9 Å². The van der Waals surface area contributed by atoms with E-state index in [2.05, 4.69) is 37.4 Å². The molecule has 154 valence electrons. The van der Waals surface area contributed by atoms with Crippen molar-refractivity contribution in [2.24, 2.45) is 23.7 Å². The van der Waals surface area contributed by atoms with Gasteiger partial charge in [-0.15, -0.1) is 11.3 Å². The number of carboxylic acid groups (broad SMARTS) is 1. The Hall–Kier alpha value is -2.91. The van der Waals surface area contributed by atoms with Crippen LogP contribution in [0.2, 0.25) is 0 Å². The lowest BCUT2D eigenvalue weighted by Gasteiger charge is -2.23. The van der Waals surface area contributed by atoms with Crippen LogP contribution in [0.25, 0.3) is 11.1 Å². The maximum absolute atomic E-state index is 13.1. The van der Waals surface area contributed by atoms with Crippen molar-refractivity contribution in [2.45, 2.75) is 33.1 Å². The SMILES string of the molecule is Cc1sc(NC(=O)[C@@H]2[C@H](C(=O)O)[C@H]3C=C[C@H]2C3)c(C#N)c1-c1ccc(C(C)C)cc1. The maximum atomic E-state index is 13.1. The number of amides is 1. The highest BCUT2D eigenvalue weighted by molar-refractivity contribution is 7.17. The summed E-state index contributed by atoms with van der Waals surface area (Å²) in [7, 11) is 0. The summed E-state index contributed by atoms with van der Waals surface area (Å²) in [5, 5.41) is 22.8. The highest BCUT2D eigenvalue weighted by Gasteiger charge is 2.51. The summed E-state index contributed by atoms with van der Waals surface area (Å²) in [5.74, 6) is -2.25. The summed E-state index contributed by atoms with van der Waals surface area (Å²) in [6, 6.07) is 10.4. The monoisotopic (exact) mass is 420 g/mol. The van der Waals surface area contributed by atoms with Gasteiger partial charge in [0.15, 0.2) is 0 Å². The quantitative estimate of drug-likeness (QED) is 0.652. The number of carbonyl (C=O) groups is 2. The van der Waals surface area contributed by atoms with Gasteiger partial charge in [-0.2, -0.15) is 5.26 Å². The maximum Gasteiger partial charge on any atom is 0.307 e. The Labute approximate surface area is 180 Å². The highest BCUT2D eigenvalue weighted by Crippen LogP contribution is 2.49. The van der Waals surface area contributed by atoms with Crippen molar-refractivity contribution in [1.82, 2.24) is 0 Å². The van der Waals surface area contributed by atoms with Crippen molar-refractivity contribution >= 4 is 28.2 Å². The molecule has 1 aromatic heterocycles. The van der Waals surface area contributed by atoms with Crippen LogP contribution in [0.1, 0.15) is 42.2 Å². The molecule has 5 nitrogen and oxygen atoms in total. The number of allylic oxidation sites excluding steroid dienone is 2. The van der Waals surface area contributed by atoms with Crippen LogP contribution < -0.4 is 5.32 Å². The summed E-state index contributed by atoms with van der Waals surface area (Å²) >= 11 is 1.37. The van der Waals surface area contributed by atoms with Crippen LogP contribution in [-0.4, -0.2) is 17.0 Å². The van der Waals surface area contributed by atoms with Gasteiger partial charge in [-0.3, -0.25) is 9.59 Å². The summed E-state index contributed by atoms with van der Waals surface area (Å²) in [6.45, 7) is 6.20. The number of nitrogens with one attached hydrogen (secondary N) is 1. The molecule has 0 radical (unpaired) electrons. The molecule has 2 N–H and O–H groups in total. The standard InChI is InChI=1S/C24H24N2O3S/c1-12(2)14-4-6-15(7-5-14)19-13(3)30-23(18(19)11-25)26-22(27)20-16-8-9-17(10-16)21(20)24(28)29/h4-9,12,16-17,20-21H,10H2,1-3H3,(H,26,27)(H,28,29)/t16-,17-,20-,21+/m0/s1. The van der Waals surface area contributed by atoms with Crippen LogP contribution in [0.3, 0.4) is 0 Å². The number of carboxylic acids is 1. The second-order valence-electron chi connectivity index (χ2n) is 8.45. The first-order chi connectivity index (χ1) is 14.3. The fourth-order valence-corrected chi connectivity index (χ4v) is 5.86. The number of thiophene rings is 1. The van der Waals surface area contributed by atoms with E-state index < -0.39 is 17.8 Å². The minimum atomic E-state index is -0.930. The molecule has 30 heavy (non-hydrogen) atoms. The molecular weight excluding hydrogens is 396 g/mol. The smallest absolute Gasteiger partial charge is 0.307 e. The Balaban J connectivity index is 1.64. The fourth-order valence-electron chi connectivity index (χ4n) is 4.83. The van der Waals surface area contributed by atoms with E-state index in [1.807, 2.05) is 31.2 Å². The average molecular weight is 421 g/mol. The van der Waals surface area contributed by atoms with Crippen molar-refractivity contribution < 1.29 is 14.7 Å². The van der Waals surface area contributed by atoms with Gasteiger partial charge in [-0.1, -0.05) is 50.3 Å². The van der Waals surface area contributed by atoms with E-state index in [4.69, 9.17) is 0 Å². The van der Waals surface area contributed by atoms with Crippen LogP contribution in [-0.2, 0) is 9.59 Å². The number of aryl methyl sites for hydroxylation is 1. The molecule has 2 bridgehead atoms. The molecule has 1 fully saturated rings. The molecule has 2 aliphatic carbocycles. The number of benzene rings is 1. The largest absolute Gasteiger partial charge is 0.481 e. The van der Waals surface area contributed by atoms with Crippen molar-refractivity contribution in [1.29, 1.82) is 5.26 Å². The topological polar surface area (TPSA) is 90.2 Å². The van der Waals surface area contributed by atoms with Crippen LogP contribution in [0.5, 0.6) is 0 Å². The van der Waals surface area contributed by atoms with Crippen LogP contribution >= 0.6 is 11.3 Å². The van der Waals surface area contributed by atoms with E-state index >= 15 is 0 Å². The predicted octanol–water partition coefficient (Wildman–Crippen LogP) is 5.18. The van der Waals surface area contributed by atoms with Crippen LogP contribution in [0.4, 0.5) is 5.00 Å². The predicted molar refractivity (Wildman–Crippen MR) is 117 cm³/mol. The zero-order valence-electron chi connectivity index (χ0n) is 17.2. The van der Waals surface area contributed by atoms with Gasteiger partial charge in [0.05, 0.1) is 17.4 Å². The van der Waals surface area contributed by atoms with Crippen molar-refractivity contribution in [2.75, 3.05) is 5.32 Å². The molecule has 0 spiro atoms. The Morgan fingerprint density at radius 3 is 2.37 bits per heavy atom. The molecule has 1 saturated carbocycles. The van der Waals surface area contributed by atoms with Gasteiger partial charge in [0, 0.05) is 10.4 Å². The van der Waals surface area contributed by atoms with Crippen LogP contribution in [0.15, 0.2) is 36.4 Å². The number of hydrogen-bond acceptors (Lipinski definition) is 4. The van der Waals surface area contributed by atoms with E-state index in [-0.39, 0.29) is 17.7 Å². The normalized spacial score (nSPS) is 24.2. The van der Waals surface area contributed by atoms with Crippen molar-refractivity contribution in [3.63, 3.8) is 0 Å². The molecule has 4 rings (SSSR count). The molecule has 1 amide bonds. The second kappa shape index (κ2) is 7.73. The number of fused-ring (bicyclic) bond motifs is 2. The lowest BCUT2D eigenvalue weighted by atomic mass is 9.82. The molecular formula is C24H24N2O3S. The number of hydrogen-bond donors (Lipinski definition) is 2. The number of nitriles is 1. The zero-order valence-corrected chi connectivity index (χ0v) is 18.0. The van der Waals surface area contributed by atoms with Gasteiger partial charge >= 0.3 is 5.97 Å². The van der Waals surface area contributed by atoms with Gasteiger partial charge in [-0.05, 0) is 42.2 Å². The number of anilines is 1. The minimum absolute atomic E-state index is 0.0502. The molecule has 0 aliphatic heterocycles. The summed E-state index contributed by atoms with van der Waals surface area (Å²) in [4.78, 5) is 25.7. The fraction of sp³-hybridized carbons (Fsp3) is 0.375. The van der Waals surface area contributed by atoms with Gasteiger partial charge in [0.1, 0.15) is 11.1 Å². The third-order valence-corrected chi connectivity index (χ3v) is 7.37. The summed E-state index contributed by atoms with van der Waals surface area (Å²) < 4.78 is 0. The molecule has 2 aromatic rings. The number of carbonyl (C=O) groups excluding carboxylic acids is 1. The van der Waals surface area contributed by atoms with Gasteiger partial charge in [-0.25, -0.2) is 0 Å². The Bertz CT molecular complexity index is 1080. The molecule has 1 aromatic carbocycles. The van der Waals surface area contributed by atoms with E-state index in [1.54, 1.807) is 0 Å². The van der Waals surface area contributed by atoms with Gasteiger partial charge < -0.3 is 10.4 Å². The molecule has 0 unspecified atom stereocenters. The zero-order chi connectivity index (χ0) is 21.6. The third-order valence-electron chi connectivity index (χ3n) is 6.35. The molecule has 2 aliphatic rings. The molecule has 0 saturated heterocycles. The molecule has 6 heteroatoms. The third kappa shape index (κ3) is 3.33. The first-order valence-corrected chi connectivity index (χ1v) is 11.0. The van der Waals surface area contributed by atoms with Gasteiger partial charge in [0.2, 0.25) is 5.91 Å². The summed E-state index contributed by atoms with van der Waals surface area (Å²) in [5.41, 5.74) is 3.43. The Morgan fingerprint density at radius 2 is 1.80 bits per heavy atom. The second-order valence-corrected chi connectivity index (χ2v) is 9.68. The number of rotatable bonds is 5. The Kier molecular flexibility index (Phi) is 5.25. The molecule has 4 atom stereocenters. The Morgan fingerprint density at radius 1 is 1.17 bits per heavy atom. The number of nitrogens with zero attached hydrogens (tertiary/aromatic N) is 1. The van der Waals surface area contributed by atoms with Crippen molar-refractivity contribution in [3.05, 3.63) is 52.4 Å². The first kappa shape index (κ1) is 20.4. The summed E-state index contributed by atoms with van der Waals surface area (Å²) in [6.07, 6.45) is 4.58. The molecule has 1 heterocycles. The number of aliphatic carboxylic acids is 1. The van der Waals surface area contributed by atoms with Gasteiger partial charge in [0.25, 0.3) is 0 Å². The van der Waals surface area contributed by atoms with E-state index in [9.17, 15) is 20.0 Å². The van der Waals surface area contributed by atoms with Crippen LogP contribution in [0, 0.1) is 41.9 Å². The lowest BCUT2D eigenvalue weighted by Crippen LogP contribution is -2.36. The minimum Gasteiger partial charge on any atom is -0.481 e. The average Bonchev–Trinajstić information content (AvgIpc) is 3.40. The van der Waals surface area contributed by atoms with Crippen molar-refractivity contribution in [3.8, 4) is 17.2 Å².